The Labute approximate surface area is 164 Å². The van der Waals surface area contributed by atoms with Gasteiger partial charge in [0.05, 0.1) is 6.54 Å². The van der Waals surface area contributed by atoms with Crippen LogP contribution in [0.3, 0.4) is 0 Å². The molecule has 1 saturated heterocycles. The second-order valence-electron chi connectivity index (χ2n) is 7.23. The molecule has 2 aliphatic rings. The normalized spacial score (nSPS) is 18.3. The number of Topliss-reactive ketones (excluding diaryl/α,β-unsaturated/α-hetero) is 1. The van der Waals surface area contributed by atoms with Gasteiger partial charge >= 0.3 is 0 Å². The number of anilines is 1. The van der Waals surface area contributed by atoms with Crippen molar-refractivity contribution in [1.82, 2.24) is 10.2 Å². The van der Waals surface area contributed by atoms with Crippen molar-refractivity contribution in [2.24, 2.45) is 5.92 Å². The molecule has 0 atom stereocenters. The SMILES string of the molecule is O=C(NCC(=O)N1CCN(c2cccc(Cl)c2)CC1)C(=O)C1CCCCC1. The number of hydrogen-bond donors (Lipinski definition) is 1. The Balaban J connectivity index is 1.42. The molecule has 1 aliphatic heterocycles. The number of piperazine rings is 1. The highest BCUT2D eigenvalue weighted by molar-refractivity contribution is 6.37. The second-order valence-corrected chi connectivity index (χ2v) is 7.67. The molecule has 27 heavy (non-hydrogen) atoms. The van der Waals surface area contributed by atoms with E-state index in [9.17, 15) is 14.4 Å². The average Bonchev–Trinajstić information content (AvgIpc) is 2.72. The first-order valence-corrected chi connectivity index (χ1v) is 10.0. The molecule has 146 valence electrons. The van der Waals surface area contributed by atoms with Gasteiger partial charge in [-0.2, -0.15) is 0 Å². The predicted molar refractivity (Wildman–Crippen MR) is 105 cm³/mol. The molecule has 6 nitrogen and oxygen atoms in total. The maximum Gasteiger partial charge on any atom is 0.288 e. The molecule has 0 bridgehead atoms. The lowest BCUT2D eigenvalue weighted by Crippen LogP contribution is -2.51. The summed E-state index contributed by atoms with van der Waals surface area (Å²) in [6.07, 6.45) is 4.70. The number of halogens is 1. The van der Waals surface area contributed by atoms with Crippen molar-refractivity contribution >= 4 is 34.9 Å². The van der Waals surface area contributed by atoms with Crippen molar-refractivity contribution in [2.45, 2.75) is 32.1 Å². The molecule has 1 aliphatic carbocycles. The van der Waals surface area contributed by atoms with Crippen LogP contribution in [0.1, 0.15) is 32.1 Å². The lowest BCUT2D eigenvalue weighted by Gasteiger charge is -2.36. The first-order valence-electron chi connectivity index (χ1n) is 9.65. The third-order valence-electron chi connectivity index (χ3n) is 5.41. The Hall–Kier alpha value is -2.08. The molecular weight excluding hydrogens is 366 g/mol. The summed E-state index contributed by atoms with van der Waals surface area (Å²) in [7, 11) is 0. The number of hydrogen-bond acceptors (Lipinski definition) is 4. The first kappa shape index (κ1) is 19.7. The molecule has 2 fully saturated rings. The number of carbonyl (C=O) groups excluding carboxylic acids is 3. The lowest BCUT2D eigenvalue weighted by molar-refractivity contribution is -0.142. The predicted octanol–water partition coefficient (Wildman–Crippen LogP) is 2.25. The molecule has 1 saturated carbocycles. The van der Waals surface area contributed by atoms with Gasteiger partial charge in [0.15, 0.2) is 0 Å². The van der Waals surface area contributed by atoms with Crippen LogP contribution in [-0.2, 0) is 14.4 Å². The van der Waals surface area contributed by atoms with E-state index in [0.717, 1.165) is 37.8 Å². The van der Waals surface area contributed by atoms with Gasteiger partial charge in [-0.05, 0) is 31.0 Å². The Kier molecular flexibility index (Phi) is 6.72. The summed E-state index contributed by atoms with van der Waals surface area (Å²) >= 11 is 6.04. The Morgan fingerprint density at radius 2 is 1.74 bits per heavy atom. The van der Waals surface area contributed by atoms with E-state index in [2.05, 4.69) is 10.2 Å². The highest BCUT2D eigenvalue weighted by atomic mass is 35.5. The summed E-state index contributed by atoms with van der Waals surface area (Å²) in [6, 6.07) is 7.66. The topological polar surface area (TPSA) is 69.7 Å². The summed E-state index contributed by atoms with van der Waals surface area (Å²) in [6.45, 7) is 2.46. The van der Waals surface area contributed by atoms with Gasteiger partial charge < -0.3 is 15.1 Å². The van der Waals surface area contributed by atoms with Crippen molar-refractivity contribution in [2.75, 3.05) is 37.6 Å². The molecule has 0 radical (unpaired) electrons. The van der Waals surface area contributed by atoms with Crippen molar-refractivity contribution < 1.29 is 14.4 Å². The van der Waals surface area contributed by atoms with Gasteiger partial charge in [0, 0.05) is 42.8 Å². The number of carbonyl (C=O) groups is 3. The van der Waals surface area contributed by atoms with Crippen LogP contribution in [0.2, 0.25) is 5.02 Å². The number of nitrogens with one attached hydrogen (secondary N) is 1. The van der Waals surface area contributed by atoms with Gasteiger partial charge in [0.25, 0.3) is 5.91 Å². The summed E-state index contributed by atoms with van der Waals surface area (Å²) < 4.78 is 0. The lowest BCUT2D eigenvalue weighted by atomic mass is 9.86. The highest BCUT2D eigenvalue weighted by Crippen LogP contribution is 2.24. The van der Waals surface area contributed by atoms with E-state index in [-0.39, 0.29) is 24.2 Å². The number of rotatable bonds is 5. The smallest absolute Gasteiger partial charge is 0.288 e. The fourth-order valence-corrected chi connectivity index (χ4v) is 3.98. The largest absolute Gasteiger partial charge is 0.368 e. The minimum Gasteiger partial charge on any atom is -0.368 e. The van der Waals surface area contributed by atoms with Crippen LogP contribution in [0.25, 0.3) is 0 Å². The molecule has 1 N–H and O–H groups in total. The number of benzene rings is 1. The molecule has 3 rings (SSSR count). The monoisotopic (exact) mass is 391 g/mol. The van der Waals surface area contributed by atoms with Crippen molar-refractivity contribution in [3.63, 3.8) is 0 Å². The minimum atomic E-state index is -0.618. The van der Waals surface area contributed by atoms with Crippen LogP contribution in [-0.4, -0.2) is 55.2 Å². The molecule has 7 heteroatoms. The zero-order chi connectivity index (χ0) is 19.2. The third-order valence-corrected chi connectivity index (χ3v) is 5.64. The second kappa shape index (κ2) is 9.22. The van der Waals surface area contributed by atoms with Crippen molar-refractivity contribution in [3.05, 3.63) is 29.3 Å². The summed E-state index contributed by atoms with van der Waals surface area (Å²) in [5.41, 5.74) is 1.04. The van der Waals surface area contributed by atoms with Crippen LogP contribution in [0.4, 0.5) is 5.69 Å². The van der Waals surface area contributed by atoms with Crippen LogP contribution >= 0.6 is 11.6 Å². The number of amides is 2. The zero-order valence-electron chi connectivity index (χ0n) is 15.5. The van der Waals surface area contributed by atoms with Crippen LogP contribution in [0.15, 0.2) is 24.3 Å². The third kappa shape index (κ3) is 5.22. The van der Waals surface area contributed by atoms with Gasteiger partial charge in [-0.25, -0.2) is 0 Å². The van der Waals surface area contributed by atoms with E-state index >= 15 is 0 Å². The molecule has 1 aromatic carbocycles. The first-order chi connectivity index (χ1) is 13.0. The summed E-state index contributed by atoms with van der Waals surface area (Å²) in [5.74, 6) is -1.30. The van der Waals surface area contributed by atoms with E-state index in [4.69, 9.17) is 11.6 Å². The van der Waals surface area contributed by atoms with Crippen molar-refractivity contribution in [1.29, 1.82) is 0 Å². The van der Waals surface area contributed by atoms with Crippen molar-refractivity contribution in [3.8, 4) is 0 Å². The molecular formula is C20H26ClN3O3. The van der Waals surface area contributed by atoms with E-state index in [1.165, 1.54) is 0 Å². The van der Waals surface area contributed by atoms with E-state index in [0.29, 0.717) is 31.2 Å². The van der Waals surface area contributed by atoms with Gasteiger partial charge in [0.2, 0.25) is 11.7 Å². The van der Waals surface area contributed by atoms with E-state index in [1.807, 2.05) is 24.3 Å². The Bertz CT molecular complexity index is 695. The average molecular weight is 392 g/mol. The summed E-state index contributed by atoms with van der Waals surface area (Å²) in [4.78, 5) is 40.5. The maximum absolute atomic E-state index is 12.4. The minimum absolute atomic E-state index is 0.117. The van der Waals surface area contributed by atoms with Gasteiger partial charge in [-0.3, -0.25) is 14.4 Å². The molecule has 0 unspecified atom stereocenters. The molecule has 1 heterocycles. The zero-order valence-corrected chi connectivity index (χ0v) is 16.2. The van der Waals surface area contributed by atoms with Gasteiger partial charge in [0.1, 0.15) is 0 Å². The molecule has 0 spiro atoms. The molecule has 0 aromatic heterocycles. The van der Waals surface area contributed by atoms with Crippen LogP contribution < -0.4 is 10.2 Å². The van der Waals surface area contributed by atoms with Gasteiger partial charge in [-0.1, -0.05) is 36.9 Å². The summed E-state index contributed by atoms with van der Waals surface area (Å²) in [5, 5.41) is 3.21. The number of ketones is 1. The molecule has 2 amide bonds. The fraction of sp³-hybridized carbons (Fsp3) is 0.550. The fourth-order valence-electron chi connectivity index (χ4n) is 3.79. The Morgan fingerprint density at radius 1 is 1.04 bits per heavy atom. The highest BCUT2D eigenvalue weighted by Gasteiger charge is 2.28. The standard InChI is InChI=1S/C20H26ClN3O3/c21-16-7-4-8-17(13-16)23-9-11-24(12-10-23)18(25)14-22-20(27)19(26)15-5-2-1-3-6-15/h4,7-8,13,15H,1-3,5-6,9-12,14H2,(H,22,27). The van der Waals surface area contributed by atoms with E-state index in [1.54, 1.807) is 4.90 Å². The van der Waals surface area contributed by atoms with Gasteiger partial charge in [-0.15, -0.1) is 0 Å². The Morgan fingerprint density at radius 3 is 2.41 bits per heavy atom. The molecule has 1 aromatic rings. The number of nitrogens with zero attached hydrogens (tertiary/aromatic N) is 2. The van der Waals surface area contributed by atoms with E-state index < -0.39 is 5.91 Å². The quantitative estimate of drug-likeness (QED) is 0.781. The van der Waals surface area contributed by atoms with Crippen LogP contribution in [0.5, 0.6) is 0 Å². The van der Waals surface area contributed by atoms with Crippen LogP contribution in [0, 0.1) is 5.92 Å². The maximum atomic E-state index is 12.4.